The number of halogens is 6. The van der Waals surface area contributed by atoms with Gasteiger partial charge in [-0.2, -0.15) is 4.98 Å². The van der Waals surface area contributed by atoms with Gasteiger partial charge in [-0.3, -0.25) is 9.18 Å². The van der Waals surface area contributed by atoms with Crippen LogP contribution < -0.4 is 139 Å². The molecule has 0 saturated carbocycles. The maximum Gasteiger partial charge on any atom is 1.00 e. The van der Waals surface area contributed by atoms with Crippen LogP contribution in [-0.4, -0.2) is 94.4 Å². The van der Waals surface area contributed by atoms with Crippen molar-refractivity contribution in [2.75, 3.05) is 59.1 Å². The zero-order valence-electron chi connectivity index (χ0n) is 36.9. The number of aromatic nitrogens is 8. The summed E-state index contributed by atoms with van der Waals surface area (Å²) in [6, 6.07) is 10.8. The van der Waals surface area contributed by atoms with E-state index in [9.17, 15) is 13.5 Å². The fourth-order valence-electron chi connectivity index (χ4n) is 4.40. The molecule has 0 aliphatic rings. The largest absolute Gasteiger partial charge is 1.00 e. The van der Waals surface area contributed by atoms with Gasteiger partial charge in [-0.15, -0.1) is 0 Å². The van der Waals surface area contributed by atoms with Gasteiger partial charge < -0.3 is 41.2 Å². The molecule has 2 aromatic carbocycles. The van der Waals surface area contributed by atoms with Crippen LogP contribution in [0.3, 0.4) is 0 Å². The molecular formula is C36H38Br2Cl3FK2N10O7P2. The van der Waals surface area contributed by atoms with Crippen molar-refractivity contribution in [1.82, 2.24) is 39.9 Å². The van der Waals surface area contributed by atoms with Gasteiger partial charge in [0.15, 0.2) is 23.1 Å². The van der Waals surface area contributed by atoms with Gasteiger partial charge in [0, 0.05) is 39.8 Å². The Bertz CT molecular complexity index is 2500. The normalized spacial score (nSPS) is 10.3. The molecule has 0 fully saturated rings. The van der Waals surface area contributed by atoms with Gasteiger partial charge in [0.25, 0.3) is 6.47 Å². The monoisotopic (exact) mass is 1140 g/mol. The molecule has 0 amide bonds. The smallest absolute Gasteiger partial charge is 1.00 e. The van der Waals surface area contributed by atoms with Crippen LogP contribution in [0.4, 0.5) is 21.6 Å². The van der Waals surface area contributed by atoms with Crippen molar-refractivity contribution in [3.63, 3.8) is 0 Å². The minimum Gasteiger partial charge on any atom is -1.00 e. The Morgan fingerprint density at radius 2 is 1.17 bits per heavy atom. The van der Waals surface area contributed by atoms with Gasteiger partial charge in [-0.25, -0.2) is 34.9 Å². The number of hydrogen-bond acceptors (Lipinski definition) is 17. The van der Waals surface area contributed by atoms with Crippen molar-refractivity contribution >= 4 is 115 Å². The fourth-order valence-corrected chi connectivity index (χ4v) is 7.63. The van der Waals surface area contributed by atoms with E-state index in [1.54, 1.807) is 84.0 Å². The second kappa shape index (κ2) is 31.0. The summed E-state index contributed by atoms with van der Waals surface area (Å²) in [6.07, 6.45) is 9.41. The van der Waals surface area contributed by atoms with Crippen LogP contribution in [0.5, 0.6) is 11.5 Å². The number of benzene rings is 2. The first-order valence-corrected chi connectivity index (χ1v) is 24.4. The van der Waals surface area contributed by atoms with Gasteiger partial charge in [0.1, 0.15) is 25.3 Å². The number of nitrogen functional groups attached to an aromatic ring is 1. The Labute approximate surface area is 483 Å². The number of carbonyl (C=O) groups is 1. The first-order chi connectivity index (χ1) is 29.2. The molecule has 0 atom stereocenters. The number of nitrogens with one attached hydrogen (secondary N) is 1. The van der Waals surface area contributed by atoms with Crippen LogP contribution in [0.15, 0.2) is 82.5 Å². The van der Waals surface area contributed by atoms with Gasteiger partial charge in [-0.05, 0) is 118 Å². The summed E-state index contributed by atoms with van der Waals surface area (Å²) in [5, 5.41) is 13.5. The predicted molar refractivity (Wildman–Crippen MR) is 244 cm³/mol. The average Bonchev–Trinajstić information content (AvgIpc) is 3.24. The standard InChI is InChI=1S/C17H16BrClN5O2P.C13H16N3O2P.C4HBrCl2N2.CH3F.CH2O3.2K.H/c1-26-11-7-20-15(21-8-11)10-4-5-13(14(6-10)27(2,3)25)23-16-12(18)9-22-17(19)24-16;1-18-10-7-15-13(16-8-10)9-4-5-11(14)12(6-9)19(2,3)17;5-2-1-8-4(7)9-3(2)6;1-2;2-1-4-3;;;/h4-9H,1-3H3,(H,22,23,24);4-8H,14H2,1-3H3;1H;1H3;1,3H;;;/q;;;;;2*+1;-1/p-1/i;;;1D;;;;. The average molecular weight is 1150 g/mol. The van der Waals surface area contributed by atoms with E-state index in [0.717, 1.165) is 11.1 Å². The summed E-state index contributed by atoms with van der Waals surface area (Å²) in [6.45, 7) is 6.61. The molecule has 0 aliphatic carbocycles. The van der Waals surface area contributed by atoms with E-state index in [2.05, 4.69) is 81.9 Å². The number of alkyl halides is 1. The van der Waals surface area contributed by atoms with Crippen LogP contribution in [0.1, 0.15) is 2.80 Å². The predicted octanol–water partition coefficient (Wildman–Crippen LogP) is 2.02. The van der Waals surface area contributed by atoms with Crippen molar-refractivity contribution in [2.45, 2.75) is 0 Å². The number of carbonyl (C=O) groups excluding carboxylic acids is 1. The fraction of sp³-hybridized carbons (Fsp3) is 0.194. The first-order valence-electron chi connectivity index (χ1n) is 17.2. The summed E-state index contributed by atoms with van der Waals surface area (Å²) in [4.78, 5) is 43.6. The van der Waals surface area contributed by atoms with E-state index in [1.165, 1.54) is 6.20 Å². The second-order valence-corrected chi connectivity index (χ2v) is 21.1. The summed E-state index contributed by atoms with van der Waals surface area (Å²) in [7, 11) is -2.93. The molecule has 3 N–H and O–H groups in total. The molecule has 4 aromatic heterocycles. The van der Waals surface area contributed by atoms with E-state index in [0.29, 0.717) is 65.0 Å². The van der Waals surface area contributed by atoms with E-state index in [1.807, 2.05) is 24.3 Å². The molecule has 328 valence electrons. The van der Waals surface area contributed by atoms with Gasteiger partial charge >= 0.3 is 103 Å². The Balaban J connectivity index is 0. The van der Waals surface area contributed by atoms with Gasteiger partial charge in [0.2, 0.25) is 10.6 Å². The van der Waals surface area contributed by atoms with Crippen molar-refractivity contribution in [3.8, 4) is 34.3 Å². The van der Waals surface area contributed by atoms with E-state index < -0.39 is 21.4 Å². The summed E-state index contributed by atoms with van der Waals surface area (Å²) in [5.41, 5.74) is 8.60. The molecule has 0 bridgehead atoms. The van der Waals surface area contributed by atoms with Gasteiger partial charge in [0.05, 0.1) is 62.2 Å². The van der Waals surface area contributed by atoms with E-state index >= 15 is 0 Å². The van der Waals surface area contributed by atoms with Crippen LogP contribution in [0, 0.1) is 0 Å². The Morgan fingerprint density at radius 3 is 1.57 bits per heavy atom. The number of rotatable bonds is 9. The Morgan fingerprint density at radius 1 is 0.762 bits per heavy atom. The summed E-state index contributed by atoms with van der Waals surface area (Å²) in [5.74, 6) is 2.72. The molecular weight excluding hydrogens is 1110 g/mol. The number of methoxy groups -OCH3 is 2. The third kappa shape index (κ3) is 21.2. The number of hydrogen-bond donors (Lipinski definition) is 2. The molecule has 6 aromatic rings. The maximum atomic E-state index is 12.9. The van der Waals surface area contributed by atoms with Gasteiger partial charge in [-0.1, -0.05) is 11.6 Å². The van der Waals surface area contributed by atoms with E-state index in [-0.39, 0.29) is 121 Å². The number of anilines is 3. The topological polar surface area (TPSA) is 243 Å². The Kier molecular flexibility index (Phi) is 29.5. The summed E-state index contributed by atoms with van der Waals surface area (Å²) < 4.78 is 52.0. The zero-order valence-corrected chi connectivity index (χ0v) is 48.4. The molecule has 0 saturated heterocycles. The number of nitrogens with zero attached hydrogens (tertiary/aromatic N) is 8. The molecule has 6 rings (SSSR count). The molecule has 0 unspecified atom stereocenters. The van der Waals surface area contributed by atoms with Crippen molar-refractivity contribution in [3.05, 3.63) is 98.2 Å². The van der Waals surface area contributed by atoms with Crippen LogP contribution in [0.2, 0.25) is 15.7 Å². The molecule has 63 heavy (non-hydrogen) atoms. The van der Waals surface area contributed by atoms with Crippen molar-refractivity contribution < 1.29 is 144 Å². The van der Waals surface area contributed by atoms with Crippen LogP contribution >= 0.6 is 80.9 Å². The molecule has 4 heterocycles. The number of ether oxygens (including phenoxy) is 2. The van der Waals surface area contributed by atoms with Crippen molar-refractivity contribution in [1.29, 1.82) is 0 Å². The second-order valence-electron chi connectivity index (χ2n) is 12.0. The molecule has 0 spiro atoms. The first kappa shape index (κ1) is 59.9. The third-order valence-corrected chi connectivity index (χ3v) is 12.2. The maximum absolute atomic E-state index is 12.9. The quantitative estimate of drug-likeness (QED) is 0.0308. The van der Waals surface area contributed by atoms with Crippen LogP contribution in [0.25, 0.3) is 22.8 Å². The minimum atomic E-state index is -2.62. The SMILES string of the molecule is COc1cnc(-c2ccc(N)c(P(C)(C)=O)c2)nc1.COc1cnc(-c2ccc(Nc3nc(Cl)ncc3Br)c(P(C)(C)=O)c2)nc1.Clc1ncc(Br)c(Cl)n1.O=CO[O-].[2H]CF.[H-].[K+].[K+]. The van der Waals surface area contributed by atoms with E-state index in [4.69, 9.17) is 61.4 Å². The van der Waals surface area contributed by atoms with Crippen molar-refractivity contribution in [2.24, 2.45) is 0 Å². The van der Waals surface area contributed by atoms with Crippen LogP contribution in [-0.2, 0) is 18.8 Å². The summed E-state index contributed by atoms with van der Waals surface area (Å²) >= 11 is 23.3. The minimum absolute atomic E-state index is 0. The Hall–Kier alpha value is -1.12. The zero-order chi connectivity index (χ0) is 46.6. The molecule has 0 aliphatic heterocycles. The third-order valence-electron chi connectivity index (χ3n) is 7.11. The molecule has 27 heteroatoms. The molecule has 17 nitrogen and oxygen atoms in total. The molecule has 0 radical (unpaired) electrons. The number of nitrogens with two attached hydrogens (primary N) is 1.